The average molecular weight is 211 g/mol. The van der Waals surface area contributed by atoms with Crippen LogP contribution in [0.4, 0.5) is 5.13 Å². The van der Waals surface area contributed by atoms with Gasteiger partial charge in [0, 0.05) is 30.9 Å². The second-order valence-corrected chi connectivity index (χ2v) is 4.86. The first-order chi connectivity index (χ1) is 6.76. The Bertz CT molecular complexity index is 317. The molecule has 78 valence electrons. The Morgan fingerprint density at radius 1 is 1.57 bits per heavy atom. The van der Waals surface area contributed by atoms with E-state index in [9.17, 15) is 0 Å². The molecule has 1 aromatic heterocycles. The monoisotopic (exact) mass is 211 g/mol. The van der Waals surface area contributed by atoms with Crippen LogP contribution in [0.15, 0.2) is 0 Å². The van der Waals surface area contributed by atoms with Crippen molar-refractivity contribution in [1.29, 1.82) is 0 Å². The molecule has 1 saturated carbocycles. The maximum atomic E-state index is 5.72. The first-order valence-corrected chi connectivity index (χ1v) is 5.98. The zero-order valence-corrected chi connectivity index (χ0v) is 9.60. The van der Waals surface area contributed by atoms with Gasteiger partial charge in [-0.1, -0.05) is 0 Å². The second-order valence-electron chi connectivity index (χ2n) is 3.80. The van der Waals surface area contributed by atoms with Gasteiger partial charge in [-0.15, -0.1) is 11.3 Å². The minimum Gasteiger partial charge on any atom is -0.351 e. The van der Waals surface area contributed by atoms with Crippen LogP contribution in [0.25, 0.3) is 0 Å². The summed E-state index contributed by atoms with van der Waals surface area (Å²) in [6.45, 7) is 3.78. The number of nitrogens with two attached hydrogens (primary N) is 1. The summed E-state index contributed by atoms with van der Waals surface area (Å²) in [4.78, 5) is 8.13. The lowest BCUT2D eigenvalue weighted by Crippen LogP contribution is -2.15. The Hall–Kier alpha value is -0.610. The molecule has 1 aliphatic rings. The minimum atomic E-state index is 0.640. The number of hydrogen-bond acceptors (Lipinski definition) is 4. The predicted molar refractivity (Wildman–Crippen MR) is 60.9 cm³/mol. The van der Waals surface area contributed by atoms with Crippen molar-refractivity contribution < 1.29 is 0 Å². The standard InChI is InChI=1S/C10H17N3S/c1-3-13(2)10-12-9(7-4-5-7)8(6-11)14-10/h7H,3-6,11H2,1-2H3. The van der Waals surface area contributed by atoms with Gasteiger partial charge in [-0.2, -0.15) is 0 Å². The van der Waals surface area contributed by atoms with Crippen LogP contribution in [0, 0.1) is 0 Å². The van der Waals surface area contributed by atoms with Gasteiger partial charge in [-0.3, -0.25) is 0 Å². The normalized spacial score (nSPS) is 15.9. The van der Waals surface area contributed by atoms with Crippen molar-refractivity contribution in [1.82, 2.24) is 4.98 Å². The van der Waals surface area contributed by atoms with E-state index >= 15 is 0 Å². The van der Waals surface area contributed by atoms with Crippen LogP contribution in [0.1, 0.15) is 36.3 Å². The van der Waals surface area contributed by atoms with Crippen LogP contribution < -0.4 is 10.6 Å². The molecule has 2 rings (SSSR count). The van der Waals surface area contributed by atoms with Gasteiger partial charge in [0.25, 0.3) is 0 Å². The van der Waals surface area contributed by atoms with E-state index in [0.717, 1.165) is 11.7 Å². The molecule has 0 unspecified atom stereocenters. The summed E-state index contributed by atoms with van der Waals surface area (Å²) in [5, 5.41) is 1.12. The summed E-state index contributed by atoms with van der Waals surface area (Å²) in [6, 6.07) is 0. The van der Waals surface area contributed by atoms with Gasteiger partial charge < -0.3 is 10.6 Å². The van der Waals surface area contributed by atoms with Crippen molar-refractivity contribution in [2.75, 3.05) is 18.5 Å². The largest absolute Gasteiger partial charge is 0.351 e. The smallest absolute Gasteiger partial charge is 0.185 e. The van der Waals surface area contributed by atoms with Gasteiger partial charge in [-0.25, -0.2) is 4.98 Å². The minimum absolute atomic E-state index is 0.640. The number of rotatable bonds is 4. The third-order valence-corrected chi connectivity index (χ3v) is 3.87. The van der Waals surface area contributed by atoms with Crippen LogP contribution in [0.3, 0.4) is 0 Å². The Labute approximate surface area is 88.9 Å². The first-order valence-electron chi connectivity index (χ1n) is 5.17. The van der Waals surface area contributed by atoms with Crippen molar-refractivity contribution in [2.24, 2.45) is 5.73 Å². The topological polar surface area (TPSA) is 42.2 Å². The molecule has 0 saturated heterocycles. The van der Waals surface area contributed by atoms with E-state index in [1.807, 2.05) is 0 Å². The van der Waals surface area contributed by atoms with E-state index < -0.39 is 0 Å². The highest BCUT2D eigenvalue weighted by atomic mass is 32.1. The summed E-state index contributed by atoms with van der Waals surface area (Å²) in [5.41, 5.74) is 6.99. The van der Waals surface area contributed by atoms with Crippen LogP contribution in [0.5, 0.6) is 0 Å². The molecule has 0 atom stereocenters. The van der Waals surface area contributed by atoms with Crippen molar-refractivity contribution >= 4 is 16.5 Å². The van der Waals surface area contributed by atoms with Crippen molar-refractivity contribution in [3.63, 3.8) is 0 Å². The number of aromatic nitrogens is 1. The van der Waals surface area contributed by atoms with Crippen LogP contribution in [-0.2, 0) is 6.54 Å². The van der Waals surface area contributed by atoms with Gasteiger partial charge in [0.05, 0.1) is 5.69 Å². The number of nitrogens with zero attached hydrogens (tertiary/aromatic N) is 2. The summed E-state index contributed by atoms with van der Waals surface area (Å²) in [6.07, 6.45) is 2.60. The zero-order chi connectivity index (χ0) is 10.1. The van der Waals surface area contributed by atoms with E-state index in [2.05, 4.69) is 23.9 Å². The van der Waals surface area contributed by atoms with Crippen molar-refractivity contribution in [3.8, 4) is 0 Å². The third kappa shape index (κ3) is 1.77. The molecule has 1 aliphatic carbocycles. The maximum absolute atomic E-state index is 5.72. The molecular formula is C10H17N3S. The quantitative estimate of drug-likeness (QED) is 0.827. The Morgan fingerprint density at radius 2 is 2.29 bits per heavy atom. The molecule has 0 aromatic carbocycles. The summed E-state index contributed by atoms with van der Waals surface area (Å²) < 4.78 is 0. The van der Waals surface area contributed by atoms with Crippen LogP contribution in [0.2, 0.25) is 0 Å². The number of hydrogen-bond donors (Lipinski definition) is 1. The third-order valence-electron chi connectivity index (χ3n) is 2.67. The van der Waals surface area contributed by atoms with E-state index in [-0.39, 0.29) is 0 Å². The van der Waals surface area contributed by atoms with Crippen molar-refractivity contribution in [2.45, 2.75) is 32.2 Å². The van der Waals surface area contributed by atoms with Gasteiger partial charge in [0.15, 0.2) is 5.13 Å². The highest BCUT2D eigenvalue weighted by Crippen LogP contribution is 2.43. The molecule has 0 radical (unpaired) electrons. The van der Waals surface area contributed by atoms with Gasteiger partial charge in [0.1, 0.15) is 0 Å². The molecule has 0 amide bonds. The van der Waals surface area contributed by atoms with Gasteiger partial charge in [-0.05, 0) is 19.8 Å². The highest BCUT2D eigenvalue weighted by Gasteiger charge is 2.29. The Kier molecular flexibility index (Phi) is 2.74. The maximum Gasteiger partial charge on any atom is 0.185 e. The summed E-state index contributed by atoms with van der Waals surface area (Å²) in [5.74, 6) is 0.712. The second kappa shape index (κ2) is 3.87. The zero-order valence-electron chi connectivity index (χ0n) is 8.79. The summed E-state index contributed by atoms with van der Waals surface area (Å²) in [7, 11) is 2.08. The number of anilines is 1. The fourth-order valence-electron chi connectivity index (χ4n) is 1.47. The Morgan fingerprint density at radius 3 is 2.79 bits per heavy atom. The highest BCUT2D eigenvalue weighted by molar-refractivity contribution is 7.15. The van der Waals surface area contributed by atoms with E-state index in [1.54, 1.807) is 11.3 Å². The average Bonchev–Trinajstić information content (AvgIpc) is 2.96. The SMILES string of the molecule is CCN(C)c1nc(C2CC2)c(CN)s1. The molecule has 1 heterocycles. The molecule has 2 N–H and O–H groups in total. The van der Waals surface area contributed by atoms with Gasteiger partial charge in [0.2, 0.25) is 0 Å². The van der Waals surface area contributed by atoms with E-state index in [4.69, 9.17) is 5.73 Å². The Balaban J connectivity index is 2.26. The van der Waals surface area contributed by atoms with Crippen molar-refractivity contribution in [3.05, 3.63) is 10.6 Å². The first kappa shape index (κ1) is 9.93. The van der Waals surface area contributed by atoms with Gasteiger partial charge >= 0.3 is 0 Å². The molecular weight excluding hydrogens is 194 g/mol. The molecule has 4 heteroatoms. The molecule has 14 heavy (non-hydrogen) atoms. The molecule has 0 aliphatic heterocycles. The fraction of sp³-hybridized carbons (Fsp3) is 0.700. The lowest BCUT2D eigenvalue weighted by Gasteiger charge is -2.11. The predicted octanol–water partition coefficient (Wildman–Crippen LogP) is 1.94. The number of thiazole rings is 1. The van der Waals surface area contributed by atoms with Crippen LogP contribution >= 0.6 is 11.3 Å². The molecule has 0 bridgehead atoms. The van der Waals surface area contributed by atoms with E-state index in [0.29, 0.717) is 12.5 Å². The fourth-order valence-corrected chi connectivity index (χ4v) is 2.52. The molecule has 1 fully saturated rings. The molecule has 3 nitrogen and oxygen atoms in total. The lowest BCUT2D eigenvalue weighted by molar-refractivity contribution is 0.927. The van der Waals surface area contributed by atoms with Crippen LogP contribution in [-0.4, -0.2) is 18.6 Å². The molecule has 0 spiro atoms. The molecule has 1 aromatic rings. The van der Waals surface area contributed by atoms with E-state index in [1.165, 1.54) is 23.4 Å². The lowest BCUT2D eigenvalue weighted by atomic mass is 10.2. The summed E-state index contributed by atoms with van der Waals surface area (Å²) >= 11 is 1.75.